The predicted molar refractivity (Wildman–Crippen MR) is 20.7 cm³/mol. The van der Waals surface area contributed by atoms with Gasteiger partial charge in [-0.25, -0.2) is 4.39 Å². The van der Waals surface area contributed by atoms with Crippen molar-refractivity contribution in [3.05, 3.63) is 0 Å². The Morgan fingerprint density at radius 2 is 1.43 bits per heavy atom. The van der Waals surface area contributed by atoms with E-state index in [9.17, 15) is 17.6 Å². The fourth-order valence-corrected chi connectivity index (χ4v) is 0. The molecule has 0 N–H and O–H groups in total. The van der Waals surface area contributed by atoms with E-state index in [0.29, 0.717) is 0 Å². The van der Waals surface area contributed by atoms with Gasteiger partial charge in [-0.15, -0.1) is 0 Å². The zero-order valence-electron chi connectivity index (χ0n) is 3.17. The molecule has 0 saturated heterocycles. The molecule has 0 fully saturated rings. The quantitative estimate of drug-likeness (QED) is 0.349. The lowest BCUT2D eigenvalue weighted by molar-refractivity contribution is -0.154. The molecule has 5 heteroatoms. The van der Waals surface area contributed by atoms with Crippen LogP contribution in [0.3, 0.4) is 0 Å². The first-order valence-corrected chi connectivity index (χ1v) is 2.07. The van der Waals surface area contributed by atoms with E-state index in [2.05, 4.69) is 0 Å². The average molecular weight is 134 g/mol. The molecule has 44 valence electrons. The Kier molecular flexibility index (Phi) is 1.99. The second-order valence-corrected chi connectivity index (χ2v) is 1.53. The van der Waals surface area contributed by atoms with Crippen LogP contribution in [0.2, 0.25) is 0 Å². The lowest BCUT2D eigenvalue weighted by Crippen LogP contribution is -2.17. The minimum absolute atomic E-state index is 1.01. The lowest BCUT2D eigenvalue weighted by atomic mass is 10.7. The predicted octanol–water partition coefficient (Wildman–Crippen LogP) is 1.72. The van der Waals surface area contributed by atoms with Crippen molar-refractivity contribution in [3.63, 3.8) is 0 Å². The van der Waals surface area contributed by atoms with E-state index in [-0.39, 0.29) is 0 Å². The third kappa shape index (κ3) is 2.80. The summed E-state index contributed by atoms with van der Waals surface area (Å²) in [6.45, 7) is 0. The van der Waals surface area contributed by atoms with Gasteiger partial charge in [-0.05, 0) is 0 Å². The highest BCUT2D eigenvalue weighted by Gasteiger charge is 2.36. The molecule has 0 spiro atoms. The summed E-state index contributed by atoms with van der Waals surface area (Å²) in [6.07, 6.45) is -4.70. The normalized spacial score (nSPS) is 16.7. The topological polar surface area (TPSA) is 0 Å². The van der Waals surface area contributed by atoms with Crippen LogP contribution in [0.15, 0.2) is 0 Å². The van der Waals surface area contributed by atoms with Gasteiger partial charge in [0.1, 0.15) is 0 Å². The number of hydrogen-bond acceptors (Lipinski definition) is 0. The van der Waals surface area contributed by atoms with Crippen molar-refractivity contribution in [3.8, 4) is 0 Å². The Morgan fingerprint density at radius 3 is 1.43 bits per heavy atom. The van der Waals surface area contributed by atoms with E-state index >= 15 is 0 Å². The SMILES string of the molecule is FC(P)C(F)(F)F. The summed E-state index contributed by atoms with van der Waals surface area (Å²) < 4.78 is 43.4. The van der Waals surface area contributed by atoms with Gasteiger partial charge in [0.15, 0.2) is 0 Å². The average Bonchev–Trinajstić information content (AvgIpc) is 1.31. The highest BCUT2D eigenvalue weighted by molar-refractivity contribution is 7.17. The van der Waals surface area contributed by atoms with Crippen molar-refractivity contribution in [2.75, 3.05) is 0 Å². The van der Waals surface area contributed by atoms with Gasteiger partial charge in [0.05, 0.1) is 0 Å². The van der Waals surface area contributed by atoms with Crippen LogP contribution in [0.4, 0.5) is 17.6 Å². The van der Waals surface area contributed by atoms with Crippen LogP contribution < -0.4 is 0 Å². The molecule has 2 atom stereocenters. The Bertz CT molecular complexity index is 55.2. The summed E-state index contributed by atoms with van der Waals surface area (Å²) in [6, 6.07) is 0. The van der Waals surface area contributed by atoms with Gasteiger partial charge in [0.25, 0.3) is 0 Å². The Hall–Kier alpha value is 0.150. The molecule has 0 rings (SSSR count). The fraction of sp³-hybridized carbons (Fsp3) is 1.00. The van der Waals surface area contributed by atoms with Gasteiger partial charge in [0, 0.05) is 0 Å². The highest BCUT2D eigenvalue weighted by Crippen LogP contribution is 2.26. The van der Waals surface area contributed by atoms with E-state index < -0.39 is 12.1 Å². The Balaban J connectivity index is 3.54. The molecule has 0 aliphatic heterocycles. The number of hydrogen-bond donors (Lipinski definition) is 0. The molecule has 2 unspecified atom stereocenters. The summed E-state index contributed by atoms with van der Waals surface area (Å²) in [5, 5.41) is 0. The zero-order valence-corrected chi connectivity index (χ0v) is 4.32. The molecule has 0 aliphatic carbocycles. The van der Waals surface area contributed by atoms with Gasteiger partial charge in [-0.3, -0.25) is 0 Å². The van der Waals surface area contributed by atoms with E-state index in [1.165, 1.54) is 0 Å². The third-order valence-electron chi connectivity index (χ3n) is 0.313. The van der Waals surface area contributed by atoms with Crippen LogP contribution >= 0.6 is 9.24 Å². The maximum absolute atomic E-state index is 11.0. The minimum atomic E-state index is -4.70. The van der Waals surface area contributed by atoms with Crippen LogP contribution in [0.5, 0.6) is 0 Å². The maximum Gasteiger partial charge on any atom is 0.423 e. The van der Waals surface area contributed by atoms with E-state index in [1.54, 1.807) is 0 Å². The number of halogens is 4. The van der Waals surface area contributed by atoms with Gasteiger partial charge in [-0.1, -0.05) is 9.24 Å². The molecular weight excluding hydrogens is 131 g/mol. The van der Waals surface area contributed by atoms with E-state index in [1.807, 2.05) is 0 Å². The first kappa shape index (κ1) is 7.15. The summed E-state index contributed by atoms with van der Waals surface area (Å²) in [7, 11) is 1.01. The molecule has 0 amide bonds. The number of rotatable bonds is 0. The second kappa shape index (κ2) is 1.95. The largest absolute Gasteiger partial charge is 0.423 e. The van der Waals surface area contributed by atoms with Crippen LogP contribution in [0.25, 0.3) is 0 Å². The van der Waals surface area contributed by atoms with Crippen LogP contribution in [0.1, 0.15) is 0 Å². The summed E-state index contributed by atoms with van der Waals surface area (Å²) in [5.41, 5.74) is 0. The maximum atomic E-state index is 11.0. The first-order chi connectivity index (χ1) is 2.94. The minimum Gasteiger partial charge on any atom is -0.233 e. The molecule has 0 aromatic rings. The van der Waals surface area contributed by atoms with Crippen molar-refractivity contribution in [2.24, 2.45) is 0 Å². The summed E-state index contributed by atoms with van der Waals surface area (Å²) in [5.74, 6) is -2.78. The number of alkyl halides is 4. The fourth-order valence-electron chi connectivity index (χ4n) is 0. The van der Waals surface area contributed by atoms with Gasteiger partial charge in [-0.2, -0.15) is 13.2 Å². The van der Waals surface area contributed by atoms with Crippen molar-refractivity contribution in [2.45, 2.75) is 12.1 Å². The van der Waals surface area contributed by atoms with Crippen LogP contribution in [-0.2, 0) is 0 Å². The Morgan fingerprint density at radius 1 is 1.29 bits per heavy atom. The molecule has 0 aromatic carbocycles. The van der Waals surface area contributed by atoms with Gasteiger partial charge in [0.2, 0.25) is 5.91 Å². The second-order valence-electron chi connectivity index (χ2n) is 0.943. The van der Waals surface area contributed by atoms with Crippen molar-refractivity contribution >= 4 is 9.24 Å². The van der Waals surface area contributed by atoms with Crippen LogP contribution in [0, 0.1) is 0 Å². The molecule has 7 heavy (non-hydrogen) atoms. The van der Waals surface area contributed by atoms with Gasteiger partial charge < -0.3 is 0 Å². The molecule has 0 saturated carbocycles. The molecule has 0 aliphatic rings. The Labute approximate surface area is 40.1 Å². The summed E-state index contributed by atoms with van der Waals surface area (Å²) in [4.78, 5) is 0. The highest BCUT2D eigenvalue weighted by atomic mass is 31.0. The monoisotopic (exact) mass is 134 g/mol. The first-order valence-electron chi connectivity index (χ1n) is 1.41. The van der Waals surface area contributed by atoms with E-state index in [4.69, 9.17) is 0 Å². The van der Waals surface area contributed by atoms with Crippen molar-refractivity contribution in [1.82, 2.24) is 0 Å². The van der Waals surface area contributed by atoms with Crippen LogP contribution in [-0.4, -0.2) is 12.1 Å². The van der Waals surface area contributed by atoms with Crippen molar-refractivity contribution < 1.29 is 17.6 Å². The molecule has 0 radical (unpaired) electrons. The smallest absolute Gasteiger partial charge is 0.233 e. The lowest BCUT2D eigenvalue weighted by Gasteiger charge is -2.03. The summed E-state index contributed by atoms with van der Waals surface area (Å²) >= 11 is 0. The molecule has 0 nitrogen and oxygen atoms in total. The molecule has 0 heterocycles. The zero-order chi connectivity index (χ0) is 6.08. The van der Waals surface area contributed by atoms with Crippen molar-refractivity contribution in [1.29, 1.82) is 0 Å². The molecule has 0 aromatic heterocycles. The third-order valence-corrected chi connectivity index (χ3v) is 0.691. The molecular formula is C2H3F4P. The van der Waals surface area contributed by atoms with E-state index in [0.717, 1.165) is 9.24 Å². The van der Waals surface area contributed by atoms with Gasteiger partial charge >= 0.3 is 6.18 Å². The molecule has 0 bridgehead atoms. The standard InChI is InChI=1S/C2H3F4P/c3-1(7)2(4,5)6/h1H,7H2.